The van der Waals surface area contributed by atoms with Crippen molar-refractivity contribution in [2.45, 2.75) is 61.6 Å². The normalized spacial score (nSPS) is 11.9. The van der Waals surface area contributed by atoms with Gasteiger partial charge in [0.25, 0.3) is 0 Å². The monoisotopic (exact) mass is 1050 g/mol. The van der Waals surface area contributed by atoms with E-state index in [0.717, 1.165) is 127 Å². The van der Waals surface area contributed by atoms with Crippen LogP contribution in [0.1, 0.15) is 50.1 Å². The molecule has 0 saturated heterocycles. The molecule has 0 fully saturated rings. The first-order chi connectivity index (χ1) is 38.5. The Morgan fingerprint density at radius 3 is 0.975 bits per heavy atom. The summed E-state index contributed by atoms with van der Waals surface area (Å²) < 4.78 is 54.3. The van der Waals surface area contributed by atoms with Crippen molar-refractivity contribution in [3.8, 4) is 78.4 Å². The lowest BCUT2D eigenvalue weighted by molar-refractivity contribution is -0.137. The molecule has 0 unspecified atom stereocenters. The van der Waals surface area contributed by atoms with E-state index in [0.29, 0.717) is 33.7 Å². The van der Waals surface area contributed by atoms with Gasteiger partial charge in [0.05, 0.1) is 50.4 Å². The van der Waals surface area contributed by atoms with Gasteiger partial charge < -0.3 is 9.13 Å². The fraction of sp³-hybridized carbons (Fsp3) is 0.122. The fourth-order valence-electron chi connectivity index (χ4n) is 12.6. The zero-order valence-corrected chi connectivity index (χ0v) is 46.1. The number of pyridine rings is 1. The van der Waals surface area contributed by atoms with E-state index < -0.39 is 11.7 Å². The van der Waals surface area contributed by atoms with Gasteiger partial charge in [0.2, 0.25) is 0 Å². The molecule has 13 rings (SSSR count). The second kappa shape index (κ2) is 19.3. The molecule has 0 radical (unpaired) electrons. The predicted molar refractivity (Wildman–Crippen MR) is 328 cm³/mol. The summed E-state index contributed by atoms with van der Waals surface area (Å²) in [5, 5.41) is 3.57. The third kappa shape index (κ3) is 9.05. The van der Waals surface area contributed by atoms with Crippen LogP contribution >= 0.6 is 0 Å². The molecule has 3 nitrogen and oxygen atoms in total. The van der Waals surface area contributed by atoms with Crippen molar-refractivity contribution < 1.29 is 13.2 Å². The molecular formula is C74H58F3N3. The molecule has 13 aromatic rings. The summed E-state index contributed by atoms with van der Waals surface area (Å²) in [7, 11) is 0. The molecule has 0 saturated carbocycles. The third-order valence-corrected chi connectivity index (χ3v) is 15.7. The summed E-state index contributed by atoms with van der Waals surface area (Å²) in [6.45, 7) is 16.8. The number of hydrogen-bond acceptors (Lipinski definition) is 1. The lowest BCUT2D eigenvalue weighted by Gasteiger charge is -2.22. The first kappa shape index (κ1) is 50.3. The van der Waals surface area contributed by atoms with Gasteiger partial charge in [-0.2, -0.15) is 13.2 Å². The first-order valence-corrected chi connectivity index (χ1v) is 27.3. The summed E-state index contributed by atoms with van der Waals surface area (Å²) in [6, 6.07) is 70.1. The molecule has 6 heteroatoms. The van der Waals surface area contributed by atoms with Gasteiger partial charge in [0.1, 0.15) is 0 Å². The highest BCUT2D eigenvalue weighted by Crippen LogP contribution is 2.47. The maximum absolute atomic E-state index is 16.8. The highest BCUT2D eigenvalue weighted by Gasteiger charge is 2.37. The van der Waals surface area contributed by atoms with E-state index in [-0.39, 0.29) is 5.69 Å². The van der Waals surface area contributed by atoms with Gasteiger partial charge in [0.15, 0.2) is 0 Å². The number of hydrogen-bond donors (Lipinski definition) is 0. The van der Waals surface area contributed by atoms with Crippen molar-refractivity contribution in [1.82, 2.24) is 14.1 Å². The molecule has 0 bridgehead atoms. The van der Waals surface area contributed by atoms with E-state index in [9.17, 15) is 0 Å². The van der Waals surface area contributed by atoms with Crippen molar-refractivity contribution >= 4 is 43.6 Å². The molecule has 0 aliphatic rings. The van der Waals surface area contributed by atoms with E-state index >= 15 is 13.2 Å². The number of aryl methyl sites for hydroxylation is 8. The van der Waals surface area contributed by atoms with Gasteiger partial charge >= 0.3 is 6.18 Å². The minimum Gasteiger partial charge on any atom is -0.309 e. The van der Waals surface area contributed by atoms with Crippen LogP contribution in [0.4, 0.5) is 13.2 Å². The Kier molecular flexibility index (Phi) is 12.1. The molecule has 3 heterocycles. The Morgan fingerprint density at radius 1 is 0.287 bits per heavy atom. The van der Waals surface area contributed by atoms with Crippen LogP contribution in [0.5, 0.6) is 0 Å². The Labute approximate surface area is 464 Å². The summed E-state index contributed by atoms with van der Waals surface area (Å²) in [5.41, 5.74) is 22.7. The van der Waals surface area contributed by atoms with Gasteiger partial charge in [-0.15, -0.1) is 0 Å². The third-order valence-electron chi connectivity index (χ3n) is 15.7. The smallest absolute Gasteiger partial charge is 0.309 e. The van der Waals surface area contributed by atoms with Crippen LogP contribution in [0.25, 0.3) is 122 Å². The second-order valence-electron chi connectivity index (χ2n) is 22.3. The molecule has 0 amide bonds. The Balaban J connectivity index is 1.14. The number of fused-ring (bicyclic) bond motifs is 6. The lowest BCUT2D eigenvalue weighted by atomic mass is 9.97. The molecule has 0 aliphatic carbocycles. The van der Waals surface area contributed by atoms with E-state index in [4.69, 9.17) is 4.98 Å². The van der Waals surface area contributed by atoms with Crippen LogP contribution < -0.4 is 0 Å². The Morgan fingerprint density at radius 2 is 0.625 bits per heavy atom. The van der Waals surface area contributed by atoms with Gasteiger partial charge in [0, 0.05) is 32.7 Å². The topological polar surface area (TPSA) is 22.8 Å². The number of rotatable bonds is 8. The zero-order chi connectivity index (χ0) is 55.3. The van der Waals surface area contributed by atoms with Gasteiger partial charge in [-0.1, -0.05) is 178 Å². The van der Waals surface area contributed by atoms with E-state index in [1.807, 2.05) is 81.9 Å². The van der Waals surface area contributed by atoms with Crippen LogP contribution in [-0.2, 0) is 6.18 Å². The second-order valence-corrected chi connectivity index (χ2v) is 22.3. The van der Waals surface area contributed by atoms with Crippen molar-refractivity contribution in [1.29, 1.82) is 0 Å². The lowest BCUT2D eigenvalue weighted by Crippen LogP contribution is -2.13. The number of nitrogens with zero attached hydrogens (tertiary/aromatic N) is 3. The number of aromatic nitrogens is 3. The molecule has 0 spiro atoms. The minimum absolute atomic E-state index is 0.0106. The van der Waals surface area contributed by atoms with Crippen molar-refractivity contribution in [2.75, 3.05) is 0 Å². The van der Waals surface area contributed by atoms with E-state index in [1.165, 1.54) is 6.07 Å². The molecule has 0 N–H and O–H groups in total. The van der Waals surface area contributed by atoms with Crippen LogP contribution in [0.15, 0.2) is 206 Å². The van der Waals surface area contributed by atoms with Crippen LogP contribution in [0.2, 0.25) is 0 Å². The molecule has 10 aromatic carbocycles. The van der Waals surface area contributed by atoms with Gasteiger partial charge in [-0.05, 0) is 173 Å². The summed E-state index contributed by atoms with van der Waals surface area (Å²) in [5.74, 6) is 0. The first-order valence-electron chi connectivity index (χ1n) is 27.3. The standard InChI is InChI=1S/C74H58F3N3/c1-43-25-44(2)30-56(29-43)52-17-21-68-60(37-52)61-38-53(57-31-45(3)26-46(4)32-57)18-22-69(61)79(68)72-42-65(74(75,76)77)73(41-64(72)67-16-12-15-66(78-67)51-13-10-9-11-14-51)80-70-23-19-54(58-33-47(5)27-48(6)34-58)39-62(70)63-40-55(20-24-71(63)80)59-35-49(7)28-50(8)36-59/h9-42H,1-8H3. The minimum atomic E-state index is -4.80. The average molecular weight is 1050 g/mol. The van der Waals surface area contributed by atoms with E-state index in [2.05, 4.69) is 177 Å². The molecule has 80 heavy (non-hydrogen) atoms. The van der Waals surface area contributed by atoms with Crippen LogP contribution in [0.3, 0.4) is 0 Å². The average Bonchev–Trinajstić information content (AvgIpc) is 3.95. The van der Waals surface area contributed by atoms with Crippen LogP contribution in [0, 0.1) is 55.4 Å². The molecule has 0 atom stereocenters. The van der Waals surface area contributed by atoms with Crippen LogP contribution in [-0.4, -0.2) is 14.1 Å². The Hall–Kier alpha value is -9.26. The van der Waals surface area contributed by atoms with Gasteiger partial charge in [-0.3, -0.25) is 0 Å². The molecule has 0 aliphatic heterocycles. The zero-order valence-electron chi connectivity index (χ0n) is 46.1. The predicted octanol–water partition coefficient (Wildman–Crippen LogP) is 20.8. The Bertz CT molecular complexity index is 4370. The van der Waals surface area contributed by atoms with Crippen molar-refractivity contribution in [2.24, 2.45) is 0 Å². The maximum atomic E-state index is 16.8. The number of alkyl halides is 3. The SMILES string of the molecule is Cc1cc(C)cc(-c2ccc3c(c2)c2cc(-c4cc(C)cc(C)c4)ccc2n3-c2cc(C(F)(F)F)c(-n3c4ccc(-c5cc(C)cc(C)c5)cc4c4cc(-c5cc(C)cc(C)c5)ccc43)cc2-c2cccc(-c3ccccc3)n2)c1. The van der Waals surface area contributed by atoms with Crippen molar-refractivity contribution in [3.05, 3.63) is 256 Å². The maximum Gasteiger partial charge on any atom is 0.418 e. The number of halogens is 3. The summed E-state index contributed by atoms with van der Waals surface area (Å²) in [6.07, 6.45) is -4.80. The highest BCUT2D eigenvalue weighted by atomic mass is 19.4. The highest BCUT2D eigenvalue weighted by molar-refractivity contribution is 6.14. The van der Waals surface area contributed by atoms with Gasteiger partial charge in [-0.25, -0.2) is 4.98 Å². The number of benzene rings is 10. The largest absolute Gasteiger partial charge is 0.418 e. The van der Waals surface area contributed by atoms with E-state index in [1.54, 1.807) is 6.07 Å². The summed E-state index contributed by atoms with van der Waals surface area (Å²) >= 11 is 0. The molecule has 3 aromatic heterocycles. The molecular weight excluding hydrogens is 988 g/mol. The van der Waals surface area contributed by atoms with Crippen molar-refractivity contribution in [3.63, 3.8) is 0 Å². The fourth-order valence-corrected chi connectivity index (χ4v) is 12.6. The summed E-state index contributed by atoms with van der Waals surface area (Å²) in [4.78, 5) is 5.34. The molecule has 390 valence electrons. The quantitative estimate of drug-likeness (QED) is 0.149.